The third kappa shape index (κ3) is 4.28. The van der Waals surface area contributed by atoms with Crippen LogP contribution in [0.25, 0.3) is 0 Å². The van der Waals surface area contributed by atoms with Gasteiger partial charge in [-0.1, -0.05) is 13.8 Å². The quantitative estimate of drug-likeness (QED) is 0.868. The molecule has 114 valence electrons. The molecule has 0 amide bonds. The normalized spacial score (nSPS) is 11.1. The number of nitrogens with one attached hydrogen (secondary N) is 1. The molecule has 2 aromatic heterocycles. The lowest BCUT2D eigenvalue weighted by molar-refractivity contribution is 0.292. The van der Waals surface area contributed by atoms with Crippen LogP contribution in [0, 0.1) is 6.92 Å². The minimum absolute atomic E-state index is 0.452. The van der Waals surface area contributed by atoms with Crippen molar-refractivity contribution >= 4 is 15.9 Å². The molecule has 0 bridgehead atoms. The summed E-state index contributed by atoms with van der Waals surface area (Å²) >= 11 is 3.53. The number of hydrogen-bond donors (Lipinski definition) is 1. The van der Waals surface area contributed by atoms with Crippen molar-refractivity contribution in [1.82, 2.24) is 20.1 Å². The highest BCUT2D eigenvalue weighted by Gasteiger charge is 2.11. The summed E-state index contributed by atoms with van der Waals surface area (Å²) in [5, 5.41) is 7.68. The average Bonchev–Trinajstić information content (AvgIpc) is 2.69. The Morgan fingerprint density at radius 1 is 1.38 bits per heavy atom. The molecule has 0 saturated carbocycles. The van der Waals surface area contributed by atoms with Gasteiger partial charge in [0.15, 0.2) is 0 Å². The number of hydrogen-bond acceptors (Lipinski definition) is 4. The van der Waals surface area contributed by atoms with Crippen molar-refractivity contribution in [1.29, 1.82) is 0 Å². The Labute approximate surface area is 133 Å². The summed E-state index contributed by atoms with van der Waals surface area (Å²) < 4.78 is 8.60. The predicted molar refractivity (Wildman–Crippen MR) is 86.2 cm³/mol. The third-order valence-electron chi connectivity index (χ3n) is 3.13. The summed E-state index contributed by atoms with van der Waals surface area (Å²) in [5.74, 6) is 0.758. The van der Waals surface area contributed by atoms with Crippen molar-refractivity contribution in [3.8, 4) is 5.75 Å². The van der Waals surface area contributed by atoms with Crippen LogP contribution >= 0.6 is 15.9 Å². The fraction of sp³-hybridized carbons (Fsp3) is 0.467. The molecule has 0 aliphatic heterocycles. The summed E-state index contributed by atoms with van der Waals surface area (Å²) in [6.45, 7) is 7.43. The van der Waals surface area contributed by atoms with E-state index < -0.39 is 0 Å². The molecule has 0 saturated heterocycles. The minimum Gasteiger partial charge on any atom is -0.486 e. The van der Waals surface area contributed by atoms with Gasteiger partial charge in [0.1, 0.15) is 12.4 Å². The SMILES string of the molecule is Cc1nn(C)c(COc2ccc(CNC(C)C)nc2)c1Br. The van der Waals surface area contributed by atoms with Gasteiger partial charge < -0.3 is 10.1 Å². The van der Waals surface area contributed by atoms with E-state index >= 15 is 0 Å². The van der Waals surface area contributed by atoms with Gasteiger partial charge in [-0.3, -0.25) is 9.67 Å². The van der Waals surface area contributed by atoms with Crippen LogP contribution in [0.2, 0.25) is 0 Å². The Morgan fingerprint density at radius 3 is 2.67 bits per heavy atom. The molecular weight excluding hydrogens is 332 g/mol. The molecule has 5 nitrogen and oxygen atoms in total. The highest BCUT2D eigenvalue weighted by molar-refractivity contribution is 9.10. The van der Waals surface area contributed by atoms with Crippen LogP contribution in [0.1, 0.15) is 30.9 Å². The fourth-order valence-corrected chi connectivity index (χ4v) is 2.35. The second kappa shape index (κ2) is 7.04. The van der Waals surface area contributed by atoms with Crippen molar-refractivity contribution in [2.45, 2.75) is 40.0 Å². The van der Waals surface area contributed by atoms with Gasteiger partial charge in [-0.25, -0.2) is 0 Å². The Balaban J connectivity index is 1.94. The maximum absolute atomic E-state index is 5.77. The van der Waals surface area contributed by atoms with Crippen LogP contribution in [0.5, 0.6) is 5.75 Å². The maximum atomic E-state index is 5.77. The summed E-state index contributed by atoms with van der Waals surface area (Å²) in [4.78, 5) is 4.39. The molecule has 0 unspecified atom stereocenters. The Kier molecular flexibility index (Phi) is 5.36. The van der Waals surface area contributed by atoms with Crippen LogP contribution in [-0.2, 0) is 20.2 Å². The second-order valence-corrected chi connectivity index (χ2v) is 6.07. The highest BCUT2D eigenvalue weighted by atomic mass is 79.9. The van der Waals surface area contributed by atoms with Crippen LogP contribution < -0.4 is 10.1 Å². The second-order valence-electron chi connectivity index (χ2n) is 5.28. The smallest absolute Gasteiger partial charge is 0.138 e. The molecule has 0 fully saturated rings. The van der Waals surface area contributed by atoms with E-state index in [1.165, 1.54) is 0 Å². The zero-order valence-corrected chi connectivity index (χ0v) is 14.4. The lowest BCUT2D eigenvalue weighted by Crippen LogP contribution is -2.22. The van der Waals surface area contributed by atoms with E-state index in [1.54, 1.807) is 6.20 Å². The Hall–Kier alpha value is -1.40. The van der Waals surface area contributed by atoms with Gasteiger partial charge in [0, 0.05) is 19.6 Å². The monoisotopic (exact) mass is 352 g/mol. The number of halogens is 1. The fourth-order valence-electron chi connectivity index (χ4n) is 1.90. The van der Waals surface area contributed by atoms with Gasteiger partial charge in [-0.2, -0.15) is 5.10 Å². The molecule has 0 aromatic carbocycles. The first kappa shape index (κ1) is 16.0. The topological polar surface area (TPSA) is 52.0 Å². The van der Waals surface area contributed by atoms with Crippen LogP contribution in [0.3, 0.4) is 0 Å². The van der Waals surface area contributed by atoms with Crippen molar-refractivity contribution in [2.75, 3.05) is 0 Å². The molecular formula is C15H21BrN4O. The van der Waals surface area contributed by atoms with Gasteiger partial charge in [-0.05, 0) is 35.0 Å². The van der Waals surface area contributed by atoms with Gasteiger partial charge in [0.25, 0.3) is 0 Å². The molecule has 0 atom stereocenters. The van der Waals surface area contributed by atoms with Gasteiger partial charge in [0.05, 0.1) is 27.8 Å². The maximum Gasteiger partial charge on any atom is 0.138 e. The summed E-state index contributed by atoms with van der Waals surface area (Å²) in [7, 11) is 1.91. The molecule has 21 heavy (non-hydrogen) atoms. The van der Waals surface area contributed by atoms with Crippen LogP contribution in [-0.4, -0.2) is 20.8 Å². The average molecular weight is 353 g/mol. The summed E-state index contributed by atoms with van der Waals surface area (Å²) in [6.07, 6.45) is 1.76. The zero-order valence-electron chi connectivity index (χ0n) is 12.9. The predicted octanol–water partition coefficient (Wildman–Crippen LogP) is 2.96. The van der Waals surface area contributed by atoms with Crippen LogP contribution in [0.15, 0.2) is 22.8 Å². The van der Waals surface area contributed by atoms with E-state index in [2.05, 4.69) is 45.2 Å². The van der Waals surface area contributed by atoms with Crippen molar-refractivity contribution in [3.63, 3.8) is 0 Å². The number of rotatable bonds is 6. The molecule has 2 aromatic rings. The zero-order chi connectivity index (χ0) is 15.4. The van der Waals surface area contributed by atoms with E-state index in [0.717, 1.165) is 33.8 Å². The van der Waals surface area contributed by atoms with E-state index in [4.69, 9.17) is 4.74 Å². The number of aryl methyl sites for hydroxylation is 2. The first-order chi connectivity index (χ1) is 9.97. The first-order valence-electron chi connectivity index (χ1n) is 6.96. The number of pyridine rings is 1. The lowest BCUT2D eigenvalue weighted by Gasteiger charge is -2.09. The molecule has 0 spiro atoms. The van der Waals surface area contributed by atoms with Crippen molar-refractivity contribution in [2.24, 2.45) is 7.05 Å². The van der Waals surface area contributed by atoms with E-state index in [-0.39, 0.29) is 0 Å². The standard InChI is InChI=1S/C15H21BrN4O/c1-10(2)17-7-12-5-6-13(8-18-12)21-9-14-15(16)11(3)19-20(14)4/h5-6,8,10,17H,7,9H2,1-4H3. The summed E-state index contributed by atoms with van der Waals surface area (Å²) in [5.41, 5.74) is 2.98. The summed E-state index contributed by atoms with van der Waals surface area (Å²) in [6, 6.07) is 4.38. The molecule has 0 radical (unpaired) electrons. The number of aromatic nitrogens is 3. The number of ether oxygens (including phenoxy) is 1. The minimum atomic E-state index is 0.452. The third-order valence-corrected chi connectivity index (χ3v) is 4.16. The molecule has 6 heteroatoms. The Bertz CT molecular complexity index is 592. The molecule has 0 aliphatic rings. The van der Waals surface area contributed by atoms with Gasteiger partial charge in [0.2, 0.25) is 0 Å². The largest absolute Gasteiger partial charge is 0.486 e. The van der Waals surface area contributed by atoms with E-state index in [0.29, 0.717) is 12.6 Å². The van der Waals surface area contributed by atoms with E-state index in [9.17, 15) is 0 Å². The molecule has 2 rings (SSSR count). The molecule has 1 N–H and O–H groups in total. The highest BCUT2D eigenvalue weighted by Crippen LogP contribution is 2.22. The molecule has 0 aliphatic carbocycles. The van der Waals surface area contributed by atoms with Gasteiger partial charge >= 0.3 is 0 Å². The van der Waals surface area contributed by atoms with Crippen molar-refractivity contribution in [3.05, 3.63) is 39.9 Å². The van der Waals surface area contributed by atoms with Crippen LogP contribution in [0.4, 0.5) is 0 Å². The van der Waals surface area contributed by atoms with E-state index in [1.807, 2.05) is 30.8 Å². The van der Waals surface area contributed by atoms with Gasteiger partial charge in [-0.15, -0.1) is 0 Å². The lowest BCUT2D eigenvalue weighted by atomic mass is 10.3. The van der Waals surface area contributed by atoms with Crippen molar-refractivity contribution < 1.29 is 4.74 Å². The number of nitrogens with zero attached hydrogens (tertiary/aromatic N) is 3. The Morgan fingerprint density at radius 2 is 2.14 bits per heavy atom. The molecule has 2 heterocycles. The first-order valence-corrected chi connectivity index (χ1v) is 7.75.